The fourth-order valence-corrected chi connectivity index (χ4v) is 5.50. The normalized spacial score (nSPS) is 14.3. The van der Waals surface area contributed by atoms with Crippen LogP contribution in [0.4, 0.5) is 15.8 Å². The third-order valence-electron chi connectivity index (χ3n) is 7.61. The molecule has 1 atom stereocenters. The van der Waals surface area contributed by atoms with Gasteiger partial charge in [-0.05, 0) is 90.6 Å². The zero-order valence-corrected chi connectivity index (χ0v) is 26.3. The first-order valence-corrected chi connectivity index (χ1v) is 14.7. The van der Waals surface area contributed by atoms with Crippen molar-refractivity contribution in [1.29, 1.82) is 0 Å². The van der Waals surface area contributed by atoms with E-state index < -0.39 is 29.6 Å². The van der Waals surface area contributed by atoms with E-state index in [1.54, 1.807) is 44.2 Å². The van der Waals surface area contributed by atoms with Crippen LogP contribution in [0.25, 0.3) is 11.8 Å². The number of nitrogens with one attached hydrogen (secondary N) is 1. The second kappa shape index (κ2) is 13.9. The summed E-state index contributed by atoms with van der Waals surface area (Å²) in [5.74, 6) is -3.24. The predicted octanol–water partition coefficient (Wildman–Crippen LogP) is 3.46. The SMILES string of the molecule is CN(C)CC(=O)N(C)c1cccc2c1CCN(C(=O)/C=C/c1c(-n3cnnn3)ccc(Cl)c1F)C2C(=O)Nc1ccc(C(=O)O)cc1. The highest BCUT2D eigenvalue weighted by Crippen LogP contribution is 2.37. The van der Waals surface area contributed by atoms with Crippen LogP contribution >= 0.6 is 11.6 Å². The fraction of sp³-hybridized carbons (Fsp3) is 0.219. The maximum Gasteiger partial charge on any atom is 0.335 e. The fourth-order valence-electron chi connectivity index (χ4n) is 5.34. The van der Waals surface area contributed by atoms with Crippen molar-refractivity contribution < 1.29 is 28.7 Å². The van der Waals surface area contributed by atoms with E-state index in [4.69, 9.17) is 11.6 Å². The molecule has 13 nitrogen and oxygen atoms in total. The summed E-state index contributed by atoms with van der Waals surface area (Å²) in [6.45, 7) is 0.259. The van der Waals surface area contributed by atoms with Gasteiger partial charge >= 0.3 is 5.97 Å². The number of nitrogens with zero attached hydrogens (tertiary/aromatic N) is 7. The number of likely N-dealkylation sites (N-methyl/N-ethyl adjacent to an activating group) is 2. The molecule has 47 heavy (non-hydrogen) atoms. The Morgan fingerprint density at radius 1 is 1.09 bits per heavy atom. The van der Waals surface area contributed by atoms with Crippen LogP contribution in [0.15, 0.2) is 67.0 Å². The Morgan fingerprint density at radius 3 is 2.49 bits per heavy atom. The third-order valence-corrected chi connectivity index (χ3v) is 7.90. The van der Waals surface area contributed by atoms with Gasteiger partial charge in [0.25, 0.3) is 5.91 Å². The maximum atomic E-state index is 15.2. The van der Waals surface area contributed by atoms with Crippen molar-refractivity contribution in [3.05, 3.63) is 100 Å². The summed E-state index contributed by atoms with van der Waals surface area (Å²) < 4.78 is 16.4. The molecule has 1 aromatic heterocycles. The molecular formula is C32H30ClFN8O5. The first kappa shape index (κ1) is 32.9. The van der Waals surface area contributed by atoms with Gasteiger partial charge in [0.15, 0.2) is 5.82 Å². The number of carbonyl (C=O) groups is 4. The number of carboxylic acids is 1. The van der Waals surface area contributed by atoms with E-state index in [0.29, 0.717) is 23.4 Å². The van der Waals surface area contributed by atoms with Gasteiger partial charge in [-0.15, -0.1) is 5.10 Å². The summed E-state index contributed by atoms with van der Waals surface area (Å²) in [6, 6.07) is 12.5. The van der Waals surface area contributed by atoms with E-state index in [0.717, 1.165) is 11.6 Å². The lowest BCUT2D eigenvalue weighted by molar-refractivity contribution is -0.135. The first-order chi connectivity index (χ1) is 22.5. The number of amides is 3. The van der Waals surface area contributed by atoms with Crippen molar-refractivity contribution >= 4 is 52.7 Å². The van der Waals surface area contributed by atoms with E-state index >= 15 is 4.39 Å². The minimum atomic E-state index is -1.16. The van der Waals surface area contributed by atoms with E-state index in [2.05, 4.69) is 20.8 Å². The Bertz CT molecular complexity index is 1860. The van der Waals surface area contributed by atoms with Crippen LogP contribution in [0.5, 0.6) is 0 Å². The highest BCUT2D eigenvalue weighted by atomic mass is 35.5. The average Bonchev–Trinajstić information content (AvgIpc) is 3.59. The number of aromatic nitrogens is 4. The van der Waals surface area contributed by atoms with Crippen LogP contribution in [0.2, 0.25) is 5.02 Å². The molecule has 0 saturated heterocycles. The Morgan fingerprint density at radius 2 is 1.83 bits per heavy atom. The molecule has 4 aromatic rings. The zero-order valence-electron chi connectivity index (χ0n) is 25.6. The van der Waals surface area contributed by atoms with Crippen molar-refractivity contribution in [2.45, 2.75) is 12.5 Å². The molecule has 0 saturated carbocycles. The standard InChI is InChI=1S/C32H30ClFN8O5/c1-39(2)17-28(44)40(3)25-6-4-5-22-21(25)15-16-41(30(22)31(45)36-20-9-7-19(8-10-20)32(46)47)27(43)14-11-23-26(42-18-35-37-38-42)13-12-24(33)29(23)34/h4-14,18,30H,15-17H2,1-3H3,(H,36,45)(H,46,47)/b14-11+. The quantitative estimate of drug-likeness (QED) is 0.257. The topological polar surface area (TPSA) is 154 Å². The van der Waals surface area contributed by atoms with Crippen molar-refractivity contribution in [3.8, 4) is 5.69 Å². The molecule has 3 aromatic carbocycles. The molecule has 15 heteroatoms. The van der Waals surface area contributed by atoms with Crippen molar-refractivity contribution in [3.63, 3.8) is 0 Å². The molecule has 2 N–H and O–H groups in total. The van der Waals surface area contributed by atoms with Gasteiger partial charge in [0.05, 0.1) is 22.8 Å². The monoisotopic (exact) mass is 660 g/mol. The number of fused-ring (bicyclic) bond motifs is 1. The number of aromatic carboxylic acids is 1. The minimum absolute atomic E-state index is 0.0392. The first-order valence-electron chi connectivity index (χ1n) is 14.3. The van der Waals surface area contributed by atoms with Gasteiger partial charge in [0.2, 0.25) is 11.8 Å². The summed E-state index contributed by atoms with van der Waals surface area (Å²) in [6.07, 6.45) is 3.99. The molecule has 1 aliphatic heterocycles. The molecular weight excluding hydrogens is 631 g/mol. The van der Waals surface area contributed by atoms with Crippen LogP contribution in [0, 0.1) is 5.82 Å². The lowest BCUT2D eigenvalue weighted by Crippen LogP contribution is -2.45. The smallest absolute Gasteiger partial charge is 0.335 e. The summed E-state index contributed by atoms with van der Waals surface area (Å²) in [4.78, 5) is 56.7. The number of halogens is 2. The highest BCUT2D eigenvalue weighted by molar-refractivity contribution is 6.31. The van der Waals surface area contributed by atoms with Crippen LogP contribution in [0.3, 0.4) is 0 Å². The molecule has 0 spiro atoms. The molecule has 3 amide bonds. The number of tetrazole rings is 1. The van der Waals surface area contributed by atoms with Crippen molar-refractivity contribution in [1.82, 2.24) is 30.0 Å². The number of benzene rings is 3. The molecule has 2 heterocycles. The number of anilines is 2. The van der Waals surface area contributed by atoms with Crippen LogP contribution in [0.1, 0.15) is 33.1 Å². The van der Waals surface area contributed by atoms with Gasteiger partial charge in [-0.3, -0.25) is 14.4 Å². The Kier molecular flexibility index (Phi) is 9.72. The van der Waals surface area contributed by atoms with E-state index in [1.807, 2.05) is 0 Å². The summed E-state index contributed by atoms with van der Waals surface area (Å²) >= 11 is 6.05. The van der Waals surface area contributed by atoms with Crippen molar-refractivity contribution in [2.24, 2.45) is 0 Å². The van der Waals surface area contributed by atoms with Gasteiger partial charge in [-0.2, -0.15) is 4.68 Å². The molecule has 5 rings (SSSR count). The minimum Gasteiger partial charge on any atom is -0.478 e. The molecule has 1 unspecified atom stereocenters. The third kappa shape index (κ3) is 7.03. The lowest BCUT2D eigenvalue weighted by Gasteiger charge is -2.37. The van der Waals surface area contributed by atoms with Crippen LogP contribution < -0.4 is 10.2 Å². The highest BCUT2D eigenvalue weighted by Gasteiger charge is 2.37. The lowest BCUT2D eigenvalue weighted by atomic mass is 9.89. The molecule has 0 radical (unpaired) electrons. The molecule has 242 valence electrons. The number of hydrogen-bond donors (Lipinski definition) is 2. The van der Waals surface area contributed by atoms with E-state index in [9.17, 15) is 24.3 Å². The number of carbonyl (C=O) groups excluding carboxylic acids is 3. The number of hydrogen-bond acceptors (Lipinski definition) is 8. The van der Waals surface area contributed by atoms with Crippen LogP contribution in [-0.4, -0.2) is 93.0 Å². The van der Waals surface area contributed by atoms with Gasteiger partial charge in [-0.25, -0.2) is 9.18 Å². The summed E-state index contributed by atoms with van der Waals surface area (Å²) in [5, 5.41) is 22.8. The number of rotatable bonds is 9. The largest absolute Gasteiger partial charge is 0.478 e. The molecule has 0 fully saturated rings. The van der Waals surface area contributed by atoms with Gasteiger partial charge in [-0.1, -0.05) is 23.7 Å². The second-order valence-electron chi connectivity index (χ2n) is 11.0. The van der Waals surface area contributed by atoms with Crippen LogP contribution in [-0.2, 0) is 20.8 Å². The van der Waals surface area contributed by atoms with Gasteiger partial charge in [0, 0.05) is 36.6 Å². The maximum absolute atomic E-state index is 15.2. The van der Waals surface area contributed by atoms with Gasteiger partial charge < -0.3 is 25.1 Å². The summed E-state index contributed by atoms with van der Waals surface area (Å²) in [5.41, 5.74) is 2.38. The Balaban J connectivity index is 1.53. The molecule has 0 aliphatic carbocycles. The van der Waals surface area contributed by atoms with E-state index in [1.165, 1.54) is 63.3 Å². The molecule has 0 bridgehead atoms. The molecule has 1 aliphatic rings. The predicted molar refractivity (Wildman–Crippen MR) is 172 cm³/mol. The van der Waals surface area contributed by atoms with Gasteiger partial charge in [0.1, 0.15) is 12.4 Å². The second-order valence-corrected chi connectivity index (χ2v) is 11.4. The Hall–Kier alpha value is -5.47. The van der Waals surface area contributed by atoms with Crippen molar-refractivity contribution in [2.75, 3.05) is 44.4 Å². The average molecular weight is 661 g/mol. The Labute approximate surface area is 273 Å². The van der Waals surface area contributed by atoms with E-state index in [-0.39, 0.29) is 40.8 Å². The number of carboxylic acid groups (broad SMARTS) is 1. The summed E-state index contributed by atoms with van der Waals surface area (Å²) in [7, 11) is 5.23. The zero-order chi connectivity index (χ0) is 33.8.